The summed E-state index contributed by atoms with van der Waals surface area (Å²) in [6.07, 6.45) is 4.38. The number of hydrogen-bond acceptors (Lipinski definition) is 4. The minimum atomic E-state index is -3.19. The van der Waals surface area contributed by atoms with Crippen LogP contribution >= 0.6 is 11.8 Å². The topological polar surface area (TPSA) is 48.3 Å². The Morgan fingerprint density at radius 2 is 1.89 bits per heavy atom. The van der Waals surface area contributed by atoms with Crippen molar-refractivity contribution in [3.63, 3.8) is 0 Å². The molecule has 0 N–H and O–H groups in total. The zero-order valence-electron chi connectivity index (χ0n) is 10.7. The normalized spacial score (nSPS) is 11.5. The van der Waals surface area contributed by atoms with Crippen molar-refractivity contribution in [3.05, 3.63) is 48.3 Å². The van der Waals surface area contributed by atoms with Gasteiger partial charge >= 0.3 is 0 Å². The second kappa shape index (κ2) is 5.71. The maximum atomic E-state index is 11.3. The molecule has 1 heterocycles. The first-order valence-corrected chi connectivity index (χ1v) is 8.47. The Morgan fingerprint density at radius 1 is 1.21 bits per heavy atom. The van der Waals surface area contributed by atoms with Crippen molar-refractivity contribution in [1.82, 2.24) is 3.97 Å². The van der Waals surface area contributed by atoms with E-state index in [9.17, 15) is 8.42 Å². The number of methoxy groups -OCH3 is 1. The van der Waals surface area contributed by atoms with Crippen molar-refractivity contribution in [1.29, 1.82) is 0 Å². The molecule has 1 aromatic heterocycles. The molecular weight excluding hydrogens is 282 g/mol. The zero-order chi connectivity index (χ0) is 13.9. The number of rotatable bonds is 5. The molecule has 0 spiro atoms. The van der Waals surface area contributed by atoms with E-state index in [-0.39, 0.29) is 0 Å². The predicted molar refractivity (Wildman–Crippen MR) is 77.2 cm³/mol. The molecule has 19 heavy (non-hydrogen) atoms. The molecule has 0 aliphatic carbocycles. The number of ether oxygens (including phenoxy) is 1. The predicted octanol–water partition coefficient (Wildman–Crippen LogP) is 2.60. The van der Waals surface area contributed by atoms with Gasteiger partial charge in [0.1, 0.15) is 5.75 Å². The Hall–Kier alpha value is -1.40. The van der Waals surface area contributed by atoms with E-state index < -0.39 is 10.0 Å². The van der Waals surface area contributed by atoms with E-state index in [1.165, 1.54) is 10.2 Å². The molecule has 0 bridgehead atoms. The van der Waals surface area contributed by atoms with Crippen LogP contribution in [0.1, 0.15) is 5.56 Å². The van der Waals surface area contributed by atoms with Crippen LogP contribution < -0.4 is 4.74 Å². The first-order valence-electron chi connectivity index (χ1n) is 5.63. The van der Waals surface area contributed by atoms with E-state index in [1.54, 1.807) is 37.3 Å². The Bertz CT molecular complexity index is 645. The smallest absolute Gasteiger partial charge is 0.235 e. The summed E-state index contributed by atoms with van der Waals surface area (Å²) in [4.78, 5) is 0.932. The Morgan fingerprint density at radius 3 is 2.42 bits per heavy atom. The number of nitrogens with zero attached hydrogens (tertiary/aromatic N) is 1. The maximum Gasteiger partial charge on any atom is 0.235 e. The highest BCUT2D eigenvalue weighted by Crippen LogP contribution is 2.24. The van der Waals surface area contributed by atoms with Crippen LogP contribution in [0.15, 0.2) is 47.6 Å². The van der Waals surface area contributed by atoms with Crippen molar-refractivity contribution in [3.8, 4) is 5.75 Å². The summed E-state index contributed by atoms with van der Waals surface area (Å²) >= 11 is 1.60. The van der Waals surface area contributed by atoms with Gasteiger partial charge < -0.3 is 4.74 Å². The van der Waals surface area contributed by atoms with Crippen LogP contribution in [0, 0.1) is 0 Å². The summed E-state index contributed by atoms with van der Waals surface area (Å²) in [6.45, 7) is 0. The summed E-state index contributed by atoms with van der Waals surface area (Å²) in [7, 11) is -1.55. The van der Waals surface area contributed by atoms with E-state index >= 15 is 0 Å². The molecule has 0 saturated carbocycles. The van der Waals surface area contributed by atoms with Crippen LogP contribution in [0.2, 0.25) is 0 Å². The lowest BCUT2D eigenvalue weighted by atomic mass is 10.2. The maximum absolute atomic E-state index is 11.3. The van der Waals surface area contributed by atoms with Gasteiger partial charge in [0, 0.05) is 23.0 Å². The average molecular weight is 297 g/mol. The molecule has 0 amide bonds. The lowest BCUT2D eigenvalue weighted by molar-refractivity contribution is 0.414. The lowest BCUT2D eigenvalue weighted by Crippen LogP contribution is -2.06. The van der Waals surface area contributed by atoms with Gasteiger partial charge in [0.05, 0.1) is 13.4 Å². The Balaban J connectivity index is 2.00. The Labute approximate surface area is 117 Å². The zero-order valence-corrected chi connectivity index (χ0v) is 12.4. The summed E-state index contributed by atoms with van der Waals surface area (Å²) in [5.41, 5.74) is 1.16. The molecule has 2 rings (SSSR count). The number of benzene rings is 1. The molecule has 0 aliphatic heterocycles. The molecule has 0 radical (unpaired) electrons. The quantitative estimate of drug-likeness (QED) is 0.796. The van der Waals surface area contributed by atoms with Gasteiger partial charge in [0.2, 0.25) is 10.0 Å². The highest BCUT2D eigenvalue weighted by atomic mass is 32.2. The molecule has 0 unspecified atom stereocenters. The summed E-state index contributed by atoms with van der Waals surface area (Å²) in [6, 6.07) is 9.63. The second-order valence-corrected chi connectivity index (χ2v) is 7.01. The van der Waals surface area contributed by atoms with E-state index in [2.05, 4.69) is 0 Å². The summed E-state index contributed by atoms with van der Waals surface area (Å²) in [5.74, 6) is 1.62. The van der Waals surface area contributed by atoms with Gasteiger partial charge in [0.15, 0.2) is 0 Å². The molecule has 2 aromatic rings. The van der Waals surface area contributed by atoms with E-state index in [0.29, 0.717) is 0 Å². The van der Waals surface area contributed by atoms with E-state index in [4.69, 9.17) is 4.74 Å². The van der Waals surface area contributed by atoms with Gasteiger partial charge in [-0.2, -0.15) is 0 Å². The van der Waals surface area contributed by atoms with Crippen LogP contribution in [0.25, 0.3) is 0 Å². The third-order valence-corrected chi connectivity index (χ3v) is 4.63. The molecule has 6 heteroatoms. The first-order chi connectivity index (χ1) is 8.99. The standard InChI is InChI=1S/C13H15NO3S2/c1-17-12-5-3-11(4-6-12)10-18-13-7-8-14(9-13)19(2,15)16/h3-9H,10H2,1-2H3. The molecular formula is C13H15NO3S2. The minimum Gasteiger partial charge on any atom is -0.497 e. The fourth-order valence-electron chi connectivity index (χ4n) is 1.54. The van der Waals surface area contributed by atoms with Crippen molar-refractivity contribution in [2.45, 2.75) is 10.6 Å². The van der Waals surface area contributed by atoms with Crippen LogP contribution in [-0.4, -0.2) is 25.8 Å². The number of hydrogen-bond donors (Lipinski definition) is 0. The van der Waals surface area contributed by atoms with Crippen molar-refractivity contribution in [2.75, 3.05) is 13.4 Å². The van der Waals surface area contributed by atoms with Crippen LogP contribution in [0.3, 0.4) is 0 Å². The summed E-state index contributed by atoms with van der Waals surface area (Å²) < 4.78 is 29.0. The molecule has 1 aromatic carbocycles. The fourth-order valence-corrected chi connectivity index (χ4v) is 3.06. The highest BCUT2D eigenvalue weighted by molar-refractivity contribution is 7.98. The monoisotopic (exact) mass is 297 g/mol. The third kappa shape index (κ3) is 3.78. The van der Waals surface area contributed by atoms with Crippen LogP contribution in [0.4, 0.5) is 0 Å². The van der Waals surface area contributed by atoms with Gasteiger partial charge in [-0.15, -0.1) is 11.8 Å². The largest absolute Gasteiger partial charge is 0.497 e. The average Bonchev–Trinajstić information content (AvgIpc) is 2.86. The molecule has 0 fully saturated rings. The van der Waals surface area contributed by atoms with Crippen molar-refractivity contribution >= 4 is 21.8 Å². The number of aromatic nitrogens is 1. The second-order valence-electron chi connectivity index (χ2n) is 4.08. The molecule has 0 atom stereocenters. The minimum absolute atomic E-state index is 0.789. The first kappa shape index (κ1) is 14.0. The van der Waals surface area contributed by atoms with Gasteiger partial charge in [-0.1, -0.05) is 12.1 Å². The summed E-state index contributed by atoms with van der Waals surface area (Å²) in [5, 5.41) is 0. The van der Waals surface area contributed by atoms with Gasteiger partial charge in [-0.25, -0.2) is 8.42 Å². The number of thioether (sulfide) groups is 1. The SMILES string of the molecule is COc1ccc(CSc2ccn(S(C)(=O)=O)c2)cc1. The molecule has 0 aliphatic rings. The fraction of sp³-hybridized carbons (Fsp3) is 0.231. The molecule has 102 valence electrons. The van der Waals surface area contributed by atoms with Crippen molar-refractivity contribution in [2.24, 2.45) is 0 Å². The van der Waals surface area contributed by atoms with Crippen LogP contribution in [-0.2, 0) is 15.8 Å². The van der Waals surface area contributed by atoms with Crippen LogP contribution in [0.5, 0.6) is 5.75 Å². The Kier molecular flexibility index (Phi) is 4.21. The highest BCUT2D eigenvalue weighted by Gasteiger charge is 2.06. The van der Waals surface area contributed by atoms with Gasteiger partial charge in [-0.3, -0.25) is 3.97 Å². The van der Waals surface area contributed by atoms with Crippen molar-refractivity contribution < 1.29 is 13.2 Å². The lowest BCUT2D eigenvalue weighted by Gasteiger charge is -2.02. The van der Waals surface area contributed by atoms with Gasteiger partial charge in [0.25, 0.3) is 0 Å². The van der Waals surface area contributed by atoms with E-state index in [0.717, 1.165) is 22.0 Å². The van der Waals surface area contributed by atoms with E-state index in [1.807, 2.05) is 24.3 Å². The molecule has 0 saturated heterocycles. The molecule has 4 nitrogen and oxygen atoms in total. The van der Waals surface area contributed by atoms with Gasteiger partial charge in [-0.05, 0) is 23.8 Å². The third-order valence-electron chi connectivity index (χ3n) is 2.59.